The van der Waals surface area contributed by atoms with Gasteiger partial charge < -0.3 is 25.2 Å². The number of piperidine rings is 1. The summed E-state index contributed by atoms with van der Waals surface area (Å²) in [6, 6.07) is 9.39. The Hall–Kier alpha value is -1.22. The molecule has 1 aromatic carbocycles. The second-order valence-electron chi connectivity index (χ2n) is 7.98. The lowest BCUT2D eigenvalue weighted by atomic mass is 10.0. The van der Waals surface area contributed by atoms with Gasteiger partial charge in [0.1, 0.15) is 5.75 Å². The van der Waals surface area contributed by atoms with E-state index in [1.807, 2.05) is 19.2 Å². The van der Waals surface area contributed by atoms with E-state index in [0.717, 1.165) is 50.2 Å². The summed E-state index contributed by atoms with van der Waals surface area (Å²) in [6.45, 7) is 7.76. The molecule has 0 saturated carbocycles. The normalized spacial score (nSPS) is 22.9. The van der Waals surface area contributed by atoms with Crippen LogP contribution < -0.4 is 20.3 Å². The van der Waals surface area contributed by atoms with Crippen LogP contribution in [0.25, 0.3) is 0 Å². The smallest absolute Gasteiger partial charge is 0.191 e. The number of nitrogens with one attached hydrogen (secondary N) is 2. The lowest BCUT2D eigenvalue weighted by Gasteiger charge is -2.33. The SMILES string of the molecule is CN=C(NCCCN1CCCCC1C)NC1CCN(c2ccccc2OC)C1.I. The molecule has 2 N–H and O–H groups in total. The number of hydrogen-bond acceptors (Lipinski definition) is 4. The van der Waals surface area contributed by atoms with E-state index in [9.17, 15) is 0 Å². The largest absolute Gasteiger partial charge is 0.495 e. The number of rotatable bonds is 7. The third kappa shape index (κ3) is 6.91. The van der Waals surface area contributed by atoms with Gasteiger partial charge in [-0.2, -0.15) is 0 Å². The molecule has 0 spiro atoms. The number of nitrogens with zero attached hydrogens (tertiary/aromatic N) is 3. The highest BCUT2D eigenvalue weighted by atomic mass is 127. The number of halogens is 1. The molecule has 2 heterocycles. The summed E-state index contributed by atoms with van der Waals surface area (Å²) in [6.07, 6.45) is 6.35. The molecule has 7 heteroatoms. The molecular formula is C22H38IN5O. The third-order valence-electron chi connectivity index (χ3n) is 6.03. The molecule has 1 aromatic rings. The van der Waals surface area contributed by atoms with Crippen LogP contribution >= 0.6 is 24.0 Å². The lowest BCUT2D eigenvalue weighted by molar-refractivity contribution is 0.159. The van der Waals surface area contributed by atoms with Crippen LogP contribution in [0.15, 0.2) is 29.3 Å². The first kappa shape index (κ1) is 24.1. The van der Waals surface area contributed by atoms with Crippen molar-refractivity contribution >= 4 is 35.6 Å². The molecule has 2 saturated heterocycles. The number of benzene rings is 1. The van der Waals surface area contributed by atoms with Crippen molar-refractivity contribution in [3.63, 3.8) is 0 Å². The van der Waals surface area contributed by atoms with Gasteiger partial charge in [0, 0.05) is 45.3 Å². The number of methoxy groups -OCH3 is 1. The van der Waals surface area contributed by atoms with Gasteiger partial charge in [-0.25, -0.2) is 0 Å². The summed E-state index contributed by atoms with van der Waals surface area (Å²) < 4.78 is 5.52. The fourth-order valence-corrected chi connectivity index (χ4v) is 4.35. The zero-order valence-electron chi connectivity index (χ0n) is 18.2. The van der Waals surface area contributed by atoms with Crippen molar-refractivity contribution in [2.24, 2.45) is 4.99 Å². The van der Waals surface area contributed by atoms with Crippen LogP contribution in [0.3, 0.4) is 0 Å². The highest BCUT2D eigenvalue weighted by molar-refractivity contribution is 14.0. The van der Waals surface area contributed by atoms with Gasteiger partial charge in [-0.3, -0.25) is 4.99 Å². The van der Waals surface area contributed by atoms with Gasteiger partial charge in [0.15, 0.2) is 5.96 Å². The Morgan fingerprint density at radius 1 is 1.21 bits per heavy atom. The van der Waals surface area contributed by atoms with Gasteiger partial charge in [-0.05, 0) is 51.3 Å². The first-order chi connectivity index (χ1) is 13.7. The maximum Gasteiger partial charge on any atom is 0.191 e. The number of guanidine groups is 1. The minimum Gasteiger partial charge on any atom is -0.495 e. The fraction of sp³-hybridized carbons (Fsp3) is 0.682. The van der Waals surface area contributed by atoms with Gasteiger partial charge in [-0.1, -0.05) is 18.6 Å². The van der Waals surface area contributed by atoms with Gasteiger partial charge in [0.05, 0.1) is 12.8 Å². The van der Waals surface area contributed by atoms with Crippen molar-refractivity contribution in [1.82, 2.24) is 15.5 Å². The summed E-state index contributed by atoms with van der Waals surface area (Å²) >= 11 is 0. The molecule has 0 aromatic heterocycles. The Bertz CT molecular complexity index is 641. The predicted molar refractivity (Wildman–Crippen MR) is 133 cm³/mol. The average molecular weight is 515 g/mol. The molecule has 2 aliphatic rings. The van der Waals surface area contributed by atoms with E-state index in [1.165, 1.54) is 38.0 Å². The van der Waals surface area contributed by atoms with Crippen molar-refractivity contribution in [2.75, 3.05) is 51.8 Å². The third-order valence-corrected chi connectivity index (χ3v) is 6.03. The summed E-state index contributed by atoms with van der Waals surface area (Å²) in [5.74, 6) is 1.86. The number of hydrogen-bond donors (Lipinski definition) is 2. The van der Waals surface area contributed by atoms with E-state index in [0.29, 0.717) is 6.04 Å². The van der Waals surface area contributed by atoms with Crippen LogP contribution in [0.4, 0.5) is 5.69 Å². The van der Waals surface area contributed by atoms with Crippen molar-refractivity contribution in [2.45, 2.75) is 51.1 Å². The second kappa shape index (κ2) is 12.5. The van der Waals surface area contributed by atoms with Crippen LogP contribution in [-0.2, 0) is 0 Å². The van der Waals surface area contributed by atoms with Crippen molar-refractivity contribution < 1.29 is 4.74 Å². The molecular weight excluding hydrogens is 477 g/mol. The van der Waals surface area contributed by atoms with Gasteiger partial charge in [0.2, 0.25) is 0 Å². The summed E-state index contributed by atoms with van der Waals surface area (Å²) in [4.78, 5) is 9.44. The van der Waals surface area contributed by atoms with Crippen LogP contribution in [0.5, 0.6) is 5.75 Å². The summed E-state index contributed by atoms with van der Waals surface area (Å²) in [5, 5.41) is 7.09. The zero-order valence-corrected chi connectivity index (χ0v) is 20.5. The average Bonchev–Trinajstić information content (AvgIpc) is 3.19. The molecule has 29 heavy (non-hydrogen) atoms. The Balaban J connectivity index is 0.00000300. The summed E-state index contributed by atoms with van der Waals surface area (Å²) in [5.41, 5.74) is 1.17. The van der Waals surface area contributed by atoms with Gasteiger partial charge >= 0.3 is 0 Å². The zero-order chi connectivity index (χ0) is 19.8. The number of anilines is 1. The standard InChI is InChI=1S/C22H37N5O.HI/c1-18-9-6-7-14-26(18)15-8-13-24-22(23-2)25-19-12-16-27(17-19)20-10-4-5-11-21(20)28-3;/h4-5,10-11,18-19H,6-9,12-17H2,1-3H3,(H2,23,24,25);1H. The molecule has 6 nitrogen and oxygen atoms in total. The number of ether oxygens (including phenoxy) is 1. The highest BCUT2D eigenvalue weighted by Gasteiger charge is 2.25. The molecule has 0 amide bonds. The molecule has 0 aliphatic carbocycles. The molecule has 3 rings (SSSR count). The Kier molecular flexibility index (Phi) is 10.3. The van der Waals surface area contributed by atoms with Crippen LogP contribution in [-0.4, -0.2) is 69.8 Å². The Morgan fingerprint density at radius 3 is 2.79 bits per heavy atom. The molecule has 2 atom stereocenters. The number of aliphatic imine (C=N–C) groups is 1. The van der Waals surface area contributed by atoms with Crippen LogP contribution in [0.1, 0.15) is 39.0 Å². The van der Waals surface area contributed by atoms with Crippen molar-refractivity contribution in [1.29, 1.82) is 0 Å². The predicted octanol–water partition coefficient (Wildman–Crippen LogP) is 3.32. The minimum absolute atomic E-state index is 0. The maximum atomic E-state index is 5.52. The summed E-state index contributed by atoms with van der Waals surface area (Å²) in [7, 11) is 3.59. The van der Waals surface area contributed by atoms with Gasteiger partial charge in [-0.15, -0.1) is 24.0 Å². The molecule has 2 fully saturated rings. The second-order valence-corrected chi connectivity index (χ2v) is 7.98. The fourth-order valence-electron chi connectivity index (χ4n) is 4.35. The topological polar surface area (TPSA) is 52.1 Å². The van der Waals surface area contributed by atoms with Gasteiger partial charge in [0.25, 0.3) is 0 Å². The van der Waals surface area contributed by atoms with Crippen LogP contribution in [0, 0.1) is 0 Å². The van der Waals surface area contributed by atoms with Crippen molar-refractivity contribution in [3.05, 3.63) is 24.3 Å². The maximum absolute atomic E-state index is 5.52. The first-order valence-corrected chi connectivity index (χ1v) is 10.8. The number of likely N-dealkylation sites (tertiary alicyclic amines) is 1. The van der Waals surface area contributed by atoms with E-state index in [1.54, 1.807) is 7.11 Å². The number of para-hydroxylation sites is 2. The Morgan fingerprint density at radius 2 is 2.03 bits per heavy atom. The monoisotopic (exact) mass is 515 g/mol. The molecule has 0 radical (unpaired) electrons. The van der Waals surface area contributed by atoms with E-state index in [-0.39, 0.29) is 24.0 Å². The molecule has 164 valence electrons. The van der Waals surface area contributed by atoms with E-state index < -0.39 is 0 Å². The van der Waals surface area contributed by atoms with Crippen molar-refractivity contribution in [3.8, 4) is 5.75 Å². The quantitative estimate of drug-likeness (QED) is 0.253. The molecule has 0 bridgehead atoms. The minimum atomic E-state index is 0. The van der Waals surface area contributed by atoms with E-state index >= 15 is 0 Å². The highest BCUT2D eigenvalue weighted by Crippen LogP contribution is 2.30. The van der Waals surface area contributed by atoms with E-state index in [4.69, 9.17) is 4.74 Å². The lowest BCUT2D eigenvalue weighted by Crippen LogP contribution is -2.45. The van der Waals surface area contributed by atoms with Crippen LogP contribution in [0.2, 0.25) is 0 Å². The Labute approximate surface area is 193 Å². The molecule has 2 aliphatic heterocycles. The first-order valence-electron chi connectivity index (χ1n) is 10.8. The molecule has 2 unspecified atom stereocenters. The van der Waals surface area contributed by atoms with E-state index in [2.05, 4.69) is 44.5 Å².